The fourth-order valence-corrected chi connectivity index (χ4v) is 5.55. The van der Waals surface area contributed by atoms with Crippen molar-refractivity contribution >= 4 is 5.69 Å². The molecule has 4 heterocycles. The van der Waals surface area contributed by atoms with E-state index < -0.39 is 0 Å². The molecule has 2 saturated heterocycles. The predicted molar refractivity (Wildman–Crippen MR) is 83.7 cm³/mol. The monoisotopic (exact) mass is 279 g/mol. The summed E-state index contributed by atoms with van der Waals surface area (Å²) in [5.74, 6) is 1.27. The first-order valence-electron chi connectivity index (χ1n) is 8.12. The molecule has 2 aromatic rings. The highest BCUT2D eigenvalue weighted by molar-refractivity contribution is 5.64. The van der Waals surface area contributed by atoms with Crippen LogP contribution in [0, 0.1) is 6.92 Å². The maximum Gasteiger partial charge on any atom is 0.133 e. The Kier molecular flexibility index (Phi) is 2.01. The van der Waals surface area contributed by atoms with Crippen LogP contribution in [0.1, 0.15) is 49.5 Å². The van der Waals surface area contributed by atoms with Gasteiger partial charge in [-0.15, -0.1) is 0 Å². The van der Waals surface area contributed by atoms with Gasteiger partial charge in [0.1, 0.15) is 5.76 Å². The summed E-state index contributed by atoms with van der Waals surface area (Å²) >= 11 is 0. The Labute approximate surface area is 125 Å². The van der Waals surface area contributed by atoms with Crippen LogP contribution < -0.4 is 4.90 Å². The molecule has 0 N–H and O–H groups in total. The molecule has 3 fully saturated rings. The van der Waals surface area contributed by atoms with Gasteiger partial charge in [-0.2, -0.15) is 0 Å². The van der Waals surface area contributed by atoms with Crippen LogP contribution in [-0.4, -0.2) is 6.04 Å². The van der Waals surface area contributed by atoms with Crippen molar-refractivity contribution in [3.63, 3.8) is 0 Å². The Bertz CT molecular complexity index is 721. The Morgan fingerprint density at radius 2 is 1.86 bits per heavy atom. The van der Waals surface area contributed by atoms with Crippen LogP contribution >= 0.6 is 0 Å². The Morgan fingerprint density at radius 3 is 2.62 bits per heavy atom. The molecule has 1 atom stereocenters. The summed E-state index contributed by atoms with van der Waals surface area (Å²) in [6.07, 6.45) is 7.05. The molecule has 21 heavy (non-hydrogen) atoms. The molecule has 3 aliphatic heterocycles. The average molecular weight is 279 g/mol. The van der Waals surface area contributed by atoms with Crippen molar-refractivity contribution in [3.05, 3.63) is 53.5 Å². The summed E-state index contributed by atoms with van der Waals surface area (Å²) in [4.78, 5) is 2.70. The third-order valence-electron chi connectivity index (χ3n) is 6.62. The number of aryl methyl sites for hydroxylation is 1. The van der Waals surface area contributed by atoms with Crippen molar-refractivity contribution in [2.24, 2.45) is 0 Å². The van der Waals surface area contributed by atoms with E-state index in [1.165, 1.54) is 48.3 Å². The fourth-order valence-electron chi connectivity index (χ4n) is 5.55. The topological polar surface area (TPSA) is 16.4 Å². The first kappa shape index (κ1) is 11.9. The van der Waals surface area contributed by atoms with Crippen molar-refractivity contribution in [3.8, 4) is 0 Å². The van der Waals surface area contributed by atoms with Gasteiger partial charge in [0.05, 0.1) is 11.8 Å². The molecule has 2 heteroatoms. The van der Waals surface area contributed by atoms with Crippen LogP contribution in [-0.2, 0) is 11.0 Å². The highest BCUT2D eigenvalue weighted by Crippen LogP contribution is 2.66. The third-order valence-corrected chi connectivity index (χ3v) is 6.62. The van der Waals surface area contributed by atoms with Gasteiger partial charge in [0.15, 0.2) is 0 Å². The van der Waals surface area contributed by atoms with E-state index >= 15 is 0 Å². The summed E-state index contributed by atoms with van der Waals surface area (Å²) in [5, 5.41) is 0. The number of anilines is 1. The van der Waals surface area contributed by atoms with Crippen LogP contribution in [0.2, 0.25) is 0 Å². The Morgan fingerprint density at radius 1 is 1.10 bits per heavy atom. The lowest BCUT2D eigenvalue weighted by Crippen LogP contribution is -2.71. The van der Waals surface area contributed by atoms with Crippen molar-refractivity contribution in [2.45, 2.75) is 56.5 Å². The Hall–Kier alpha value is -1.70. The van der Waals surface area contributed by atoms with Crippen LogP contribution in [0.4, 0.5) is 5.69 Å². The summed E-state index contributed by atoms with van der Waals surface area (Å²) in [6, 6.07) is 11.6. The first-order valence-corrected chi connectivity index (χ1v) is 8.12. The molecule has 108 valence electrons. The van der Waals surface area contributed by atoms with Crippen LogP contribution in [0.5, 0.6) is 0 Å². The molecule has 0 spiro atoms. The normalized spacial score (nSPS) is 36.1. The quantitative estimate of drug-likeness (QED) is 0.763. The van der Waals surface area contributed by atoms with Gasteiger partial charge in [-0.3, -0.25) is 0 Å². The number of nitrogens with zero attached hydrogens (tertiary/aromatic N) is 1. The van der Waals surface area contributed by atoms with Gasteiger partial charge in [-0.1, -0.05) is 18.2 Å². The van der Waals surface area contributed by atoms with E-state index in [0.717, 1.165) is 0 Å². The predicted octanol–water partition coefficient (Wildman–Crippen LogP) is 4.52. The molecular formula is C19H21NO. The zero-order chi connectivity index (χ0) is 14.2. The van der Waals surface area contributed by atoms with Gasteiger partial charge in [0, 0.05) is 22.7 Å². The van der Waals surface area contributed by atoms with E-state index in [4.69, 9.17) is 4.42 Å². The second-order valence-corrected chi connectivity index (χ2v) is 7.18. The van der Waals surface area contributed by atoms with Gasteiger partial charge >= 0.3 is 0 Å². The van der Waals surface area contributed by atoms with E-state index in [1.807, 2.05) is 6.26 Å². The number of hydrogen-bond donors (Lipinski definition) is 0. The molecule has 0 unspecified atom stereocenters. The summed E-state index contributed by atoms with van der Waals surface area (Å²) < 4.78 is 6.01. The van der Waals surface area contributed by atoms with Crippen molar-refractivity contribution in [1.82, 2.24) is 0 Å². The highest BCUT2D eigenvalue weighted by atomic mass is 16.3. The number of para-hydroxylation sites is 1. The lowest BCUT2D eigenvalue weighted by Gasteiger charge is -2.68. The van der Waals surface area contributed by atoms with E-state index in [0.29, 0.717) is 11.5 Å². The van der Waals surface area contributed by atoms with E-state index in [9.17, 15) is 0 Å². The molecular weight excluding hydrogens is 258 g/mol. The fraction of sp³-hybridized carbons (Fsp3) is 0.474. The second-order valence-electron chi connectivity index (χ2n) is 7.18. The zero-order valence-electron chi connectivity index (χ0n) is 12.7. The minimum Gasteiger partial charge on any atom is -0.467 e. The van der Waals surface area contributed by atoms with Gasteiger partial charge in [0.2, 0.25) is 0 Å². The molecule has 2 bridgehead atoms. The average Bonchev–Trinajstić information content (AvgIpc) is 3.02. The molecule has 0 amide bonds. The van der Waals surface area contributed by atoms with Crippen molar-refractivity contribution in [2.75, 3.05) is 4.90 Å². The maximum absolute atomic E-state index is 6.01. The molecule has 8 rings (SSSR count). The molecule has 2 nitrogen and oxygen atoms in total. The lowest BCUT2D eigenvalue weighted by atomic mass is 9.49. The first-order chi connectivity index (χ1) is 10.2. The number of furan rings is 1. The standard InChI is InChI=1S/C19H21NO/c1-13-5-3-4-6-16(13)20-14(2)18-8-10-19(20,11-9-18)17-15(18)7-12-21-17/h3-7,12,14H,8-11H2,1-2H3/t14-,18?,19?/m0/s1. The smallest absolute Gasteiger partial charge is 0.133 e. The minimum atomic E-state index is 0.102. The van der Waals surface area contributed by atoms with Gasteiger partial charge < -0.3 is 9.32 Å². The molecule has 1 aromatic heterocycles. The number of rotatable bonds is 1. The largest absolute Gasteiger partial charge is 0.467 e. The second kappa shape index (κ2) is 3.55. The van der Waals surface area contributed by atoms with E-state index in [-0.39, 0.29) is 5.54 Å². The third kappa shape index (κ3) is 1.14. The summed E-state index contributed by atoms with van der Waals surface area (Å²) in [6.45, 7) is 4.66. The molecule has 6 aliphatic rings. The minimum absolute atomic E-state index is 0.102. The van der Waals surface area contributed by atoms with Crippen molar-refractivity contribution < 1.29 is 4.42 Å². The van der Waals surface area contributed by atoms with Gasteiger partial charge in [-0.05, 0) is 57.2 Å². The summed E-state index contributed by atoms with van der Waals surface area (Å²) in [5.41, 5.74) is 4.70. The Balaban J connectivity index is 1.80. The van der Waals surface area contributed by atoms with E-state index in [1.54, 1.807) is 0 Å². The SMILES string of the molecule is Cc1ccccc1N1[C@@H](C)C23CCC1(CC2)c1occc13. The number of piperidine rings is 2. The van der Waals surface area contributed by atoms with Gasteiger partial charge in [-0.25, -0.2) is 0 Å². The molecule has 3 aliphatic carbocycles. The molecule has 1 saturated carbocycles. The van der Waals surface area contributed by atoms with Crippen LogP contribution in [0.25, 0.3) is 0 Å². The zero-order valence-corrected chi connectivity index (χ0v) is 12.7. The summed E-state index contributed by atoms with van der Waals surface area (Å²) in [7, 11) is 0. The van der Waals surface area contributed by atoms with E-state index in [2.05, 4.69) is 49.1 Å². The molecule has 0 radical (unpaired) electrons. The number of benzene rings is 1. The molecule has 1 aromatic carbocycles. The van der Waals surface area contributed by atoms with Crippen molar-refractivity contribution in [1.29, 1.82) is 0 Å². The van der Waals surface area contributed by atoms with Crippen LogP contribution in [0.15, 0.2) is 41.0 Å². The van der Waals surface area contributed by atoms with Crippen LogP contribution in [0.3, 0.4) is 0 Å². The lowest BCUT2D eigenvalue weighted by molar-refractivity contribution is 0.0373. The maximum atomic E-state index is 6.01. The number of hydrogen-bond acceptors (Lipinski definition) is 2. The van der Waals surface area contributed by atoms with Gasteiger partial charge in [0.25, 0.3) is 0 Å². The highest BCUT2D eigenvalue weighted by Gasteiger charge is 2.66.